The van der Waals surface area contributed by atoms with Crippen LogP contribution in [0.15, 0.2) is 0 Å². The maximum absolute atomic E-state index is 13.1. The number of carbonyl (C=O) groups is 1. The van der Waals surface area contributed by atoms with E-state index in [9.17, 15) is 19.4 Å². The van der Waals surface area contributed by atoms with Gasteiger partial charge in [-0.05, 0) is 12.8 Å². The van der Waals surface area contributed by atoms with Crippen LogP contribution >= 0.6 is 7.82 Å². The molecule has 0 heterocycles. The molecule has 0 aliphatic carbocycles. The summed E-state index contributed by atoms with van der Waals surface area (Å²) in [5, 5.41) is 14.2. The van der Waals surface area contributed by atoms with Crippen molar-refractivity contribution in [3.8, 4) is 0 Å². The molecule has 0 saturated carbocycles. The molecule has 81 heavy (non-hydrogen) atoms. The van der Waals surface area contributed by atoms with E-state index < -0.39 is 20.0 Å². The minimum Gasteiger partial charge on any atom is -0.391 e. The molecule has 0 aromatic carbocycles. The Morgan fingerprint density at radius 2 is 0.593 bits per heavy atom. The Bertz CT molecular complexity index is 1280. The molecule has 0 spiro atoms. The molecule has 0 aromatic heterocycles. The molecular weight excluding hydrogens is 1020 g/mol. The van der Waals surface area contributed by atoms with Crippen LogP contribution in [-0.4, -0.2) is 73.4 Å². The van der Waals surface area contributed by atoms with Crippen LogP contribution in [0.2, 0.25) is 0 Å². The number of quaternary nitrogens is 1. The summed E-state index contributed by atoms with van der Waals surface area (Å²) in [6, 6.07) is -0.757. The Labute approximate surface area is 508 Å². The van der Waals surface area contributed by atoms with Gasteiger partial charge in [0.05, 0.1) is 39.9 Å². The fourth-order valence-corrected chi connectivity index (χ4v) is 12.6. The average Bonchev–Trinajstić information content (AvgIpc) is 3.43. The smallest absolute Gasteiger partial charge is 0.391 e. The zero-order valence-corrected chi connectivity index (χ0v) is 56.7. The van der Waals surface area contributed by atoms with E-state index >= 15 is 0 Å². The second kappa shape index (κ2) is 64.0. The minimum atomic E-state index is -4.33. The minimum absolute atomic E-state index is 0.0796. The lowest BCUT2D eigenvalue weighted by atomic mass is 10.0. The monoisotopic (exact) mass is 1170 g/mol. The van der Waals surface area contributed by atoms with Gasteiger partial charge in [-0.1, -0.05) is 386 Å². The number of nitrogens with zero attached hydrogens (tertiary/aromatic N) is 1. The van der Waals surface area contributed by atoms with Gasteiger partial charge in [0.25, 0.3) is 0 Å². The van der Waals surface area contributed by atoms with Crippen molar-refractivity contribution in [1.82, 2.24) is 5.32 Å². The summed E-state index contributed by atoms with van der Waals surface area (Å²) in [6.45, 7) is 4.97. The molecule has 1 amide bonds. The summed E-state index contributed by atoms with van der Waals surface area (Å²) < 4.78 is 23.9. The van der Waals surface area contributed by atoms with Crippen molar-refractivity contribution in [2.45, 2.75) is 418 Å². The number of phosphoric acid groups is 1. The summed E-state index contributed by atoms with van der Waals surface area (Å²) in [4.78, 5) is 23.5. The predicted molar refractivity (Wildman–Crippen MR) is 356 cm³/mol. The highest BCUT2D eigenvalue weighted by Gasteiger charge is 2.28. The number of hydrogen-bond acceptors (Lipinski definition) is 5. The van der Waals surface area contributed by atoms with Gasteiger partial charge in [-0.15, -0.1) is 0 Å². The number of rotatable bonds is 70. The Morgan fingerprint density at radius 1 is 0.370 bits per heavy atom. The summed E-state index contributed by atoms with van der Waals surface area (Å²) in [5.74, 6) is -0.132. The maximum atomic E-state index is 13.1. The van der Waals surface area contributed by atoms with Crippen molar-refractivity contribution < 1.29 is 32.9 Å². The third kappa shape index (κ3) is 66.9. The Hall–Kier alpha value is -0.500. The van der Waals surface area contributed by atoms with Crippen LogP contribution in [0.25, 0.3) is 0 Å². The molecule has 0 rings (SSSR count). The highest BCUT2D eigenvalue weighted by atomic mass is 31.2. The van der Waals surface area contributed by atoms with E-state index in [1.807, 2.05) is 21.1 Å². The SMILES string of the molecule is CCCCCCCCCCCCCCCCCCCCCCCCCCCCCCCCC(=O)NC(COP(=O)(O)OCC[N+](C)(C)C)C(O)CCCCCCCCCCCCCCCCCCCCCCCCCCCCCCC. The molecule has 0 radical (unpaired) electrons. The van der Waals surface area contributed by atoms with Crippen LogP contribution in [0.5, 0.6) is 0 Å². The third-order valence-corrected chi connectivity index (χ3v) is 18.6. The summed E-state index contributed by atoms with van der Waals surface area (Å²) in [6.07, 6.45) is 80.8. The molecule has 486 valence electrons. The second-order valence-corrected chi connectivity index (χ2v) is 28.5. The predicted octanol–water partition coefficient (Wildman–Crippen LogP) is 23.5. The quantitative estimate of drug-likeness (QED) is 0.0318. The van der Waals surface area contributed by atoms with E-state index in [1.165, 1.54) is 340 Å². The summed E-state index contributed by atoms with van der Waals surface area (Å²) >= 11 is 0. The normalized spacial score (nSPS) is 13.5. The fraction of sp³-hybridized carbons (Fsp3) is 0.986. The topological polar surface area (TPSA) is 105 Å². The molecule has 8 nitrogen and oxygen atoms in total. The van der Waals surface area contributed by atoms with Gasteiger partial charge in [-0.25, -0.2) is 4.57 Å². The molecule has 3 unspecified atom stereocenters. The lowest BCUT2D eigenvalue weighted by Crippen LogP contribution is -2.46. The van der Waals surface area contributed by atoms with Gasteiger partial charge >= 0.3 is 7.82 Å². The zero-order valence-electron chi connectivity index (χ0n) is 55.8. The van der Waals surface area contributed by atoms with Crippen molar-refractivity contribution in [1.29, 1.82) is 0 Å². The molecular formula is C72H148N2O6P+. The number of amides is 1. The van der Waals surface area contributed by atoms with E-state index in [-0.39, 0.29) is 19.1 Å². The number of hydrogen-bond donors (Lipinski definition) is 3. The standard InChI is InChI=1S/C72H147N2O6P/c1-6-8-10-12-14-16-18-20-22-24-26-28-30-32-34-36-38-40-42-44-46-48-50-52-54-56-58-60-62-64-66-72(76)73-70(69-80-81(77,78)79-68-67-74(3,4)5)71(75)65-63-61-59-57-55-53-51-49-47-45-43-41-39-37-35-33-31-29-27-25-23-21-19-17-15-13-11-9-7-2/h70-71,75H,6-69H2,1-5H3,(H-,73,76,77,78)/p+1. The first-order chi connectivity index (χ1) is 39.5. The van der Waals surface area contributed by atoms with E-state index in [4.69, 9.17) is 9.05 Å². The van der Waals surface area contributed by atoms with Crippen molar-refractivity contribution in [3.05, 3.63) is 0 Å². The number of carbonyl (C=O) groups excluding carboxylic acids is 1. The van der Waals surface area contributed by atoms with Crippen molar-refractivity contribution in [2.75, 3.05) is 40.9 Å². The number of aliphatic hydroxyl groups is 1. The van der Waals surface area contributed by atoms with Crippen LogP contribution in [-0.2, 0) is 18.4 Å². The van der Waals surface area contributed by atoms with E-state index in [0.717, 1.165) is 38.5 Å². The highest BCUT2D eigenvalue weighted by molar-refractivity contribution is 7.47. The van der Waals surface area contributed by atoms with E-state index in [1.54, 1.807) is 0 Å². The van der Waals surface area contributed by atoms with Crippen LogP contribution in [0.4, 0.5) is 0 Å². The third-order valence-electron chi connectivity index (χ3n) is 17.6. The molecule has 0 saturated heterocycles. The number of nitrogens with one attached hydrogen (secondary N) is 1. The molecule has 0 aromatic rings. The number of phosphoric ester groups is 1. The van der Waals surface area contributed by atoms with Gasteiger partial charge in [-0.2, -0.15) is 0 Å². The molecule has 3 N–H and O–H groups in total. The van der Waals surface area contributed by atoms with Gasteiger partial charge in [0.2, 0.25) is 5.91 Å². The number of aliphatic hydroxyl groups excluding tert-OH is 1. The first kappa shape index (κ1) is 80.5. The molecule has 0 fully saturated rings. The first-order valence-electron chi connectivity index (χ1n) is 36.9. The van der Waals surface area contributed by atoms with Gasteiger partial charge in [0.1, 0.15) is 13.2 Å². The summed E-state index contributed by atoms with van der Waals surface area (Å²) in [5.41, 5.74) is 0. The number of likely N-dealkylation sites (N-methyl/N-ethyl adjacent to an activating group) is 1. The maximum Gasteiger partial charge on any atom is 0.472 e. The van der Waals surface area contributed by atoms with E-state index in [2.05, 4.69) is 19.2 Å². The van der Waals surface area contributed by atoms with Gasteiger partial charge in [0.15, 0.2) is 0 Å². The van der Waals surface area contributed by atoms with Crippen LogP contribution in [0.1, 0.15) is 406 Å². The van der Waals surface area contributed by atoms with Crippen LogP contribution in [0.3, 0.4) is 0 Å². The Balaban J connectivity index is 3.95. The fourth-order valence-electron chi connectivity index (χ4n) is 11.9. The average molecular weight is 1170 g/mol. The lowest BCUT2D eigenvalue weighted by molar-refractivity contribution is -0.870. The summed E-state index contributed by atoms with van der Waals surface area (Å²) in [7, 11) is 1.64. The molecule has 9 heteroatoms. The second-order valence-electron chi connectivity index (χ2n) is 27.0. The molecule has 0 aliphatic heterocycles. The molecule has 0 bridgehead atoms. The molecule has 3 atom stereocenters. The molecule has 0 aliphatic rings. The van der Waals surface area contributed by atoms with Gasteiger partial charge in [-0.3, -0.25) is 13.8 Å². The highest BCUT2D eigenvalue weighted by Crippen LogP contribution is 2.43. The number of unbranched alkanes of at least 4 members (excludes halogenated alkanes) is 57. The van der Waals surface area contributed by atoms with Crippen molar-refractivity contribution >= 4 is 13.7 Å². The van der Waals surface area contributed by atoms with Crippen LogP contribution < -0.4 is 5.32 Å². The Morgan fingerprint density at radius 3 is 0.827 bits per heavy atom. The van der Waals surface area contributed by atoms with Crippen molar-refractivity contribution in [3.63, 3.8) is 0 Å². The van der Waals surface area contributed by atoms with Gasteiger partial charge < -0.3 is 19.8 Å². The van der Waals surface area contributed by atoms with Crippen molar-refractivity contribution in [2.24, 2.45) is 0 Å². The largest absolute Gasteiger partial charge is 0.472 e. The lowest BCUT2D eigenvalue weighted by Gasteiger charge is -2.26. The first-order valence-corrected chi connectivity index (χ1v) is 38.4. The van der Waals surface area contributed by atoms with E-state index in [0.29, 0.717) is 23.9 Å². The Kier molecular flexibility index (Phi) is 63.6. The van der Waals surface area contributed by atoms with Crippen LogP contribution in [0, 0.1) is 0 Å². The van der Waals surface area contributed by atoms with Gasteiger partial charge in [0, 0.05) is 6.42 Å². The zero-order chi connectivity index (χ0) is 59.1.